The normalized spacial score (nSPS) is 13.5. The summed E-state index contributed by atoms with van der Waals surface area (Å²) in [6.45, 7) is 1.90. The van der Waals surface area contributed by atoms with Crippen LogP contribution in [0.15, 0.2) is 42.5 Å². The maximum atomic E-state index is 12.4. The van der Waals surface area contributed by atoms with Crippen LogP contribution in [0.5, 0.6) is 0 Å². The first kappa shape index (κ1) is 16.0. The molecule has 1 aliphatic rings. The number of rotatable bonds is 4. The summed E-state index contributed by atoms with van der Waals surface area (Å²) in [6.07, 6.45) is 1.93. The lowest BCUT2D eigenvalue weighted by atomic mass is 10.1. The minimum Gasteiger partial charge on any atom is -0.326 e. The smallest absolute Gasteiger partial charge is 0.256 e. The van der Waals surface area contributed by atoms with Gasteiger partial charge in [0.15, 0.2) is 0 Å². The molecule has 1 fully saturated rings. The molecule has 118 valence electrons. The van der Waals surface area contributed by atoms with E-state index in [9.17, 15) is 9.59 Å². The molecule has 3 rings (SSSR count). The molecule has 2 amide bonds. The molecule has 0 unspecified atom stereocenters. The highest BCUT2D eigenvalue weighted by Crippen LogP contribution is 2.31. The number of nitrogens with one attached hydrogen (secondary N) is 2. The quantitative estimate of drug-likeness (QED) is 0.729. The summed E-state index contributed by atoms with van der Waals surface area (Å²) >= 11 is 2.15. The first-order valence-corrected chi connectivity index (χ1v) is 8.60. The molecule has 2 aromatic carbocycles. The highest BCUT2D eigenvalue weighted by Gasteiger charge is 2.29. The monoisotopic (exact) mass is 420 g/mol. The van der Waals surface area contributed by atoms with Crippen molar-refractivity contribution in [2.24, 2.45) is 5.92 Å². The van der Waals surface area contributed by atoms with E-state index in [4.69, 9.17) is 0 Å². The van der Waals surface area contributed by atoms with Crippen molar-refractivity contribution in [2.45, 2.75) is 19.8 Å². The molecule has 0 heterocycles. The van der Waals surface area contributed by atoms with Crippen LogP contribution in [0, 0.1) is 16.4 Å². The van der Waals surface area contributed by atoms with Crippen molar-refractivity contribution in [1.29, 1.82) is 0 Å². The van der Waals surface area contributed by atoms with Gasteiger partial charge in [-0.25, -0.2) is 0 Å². The molecule has 0 aliphatic heterocycles. The second-order valence-electron chi connectivity index (χ2n) is 5.68. The van der Waals surface area contributed by atoms with Gasteiger partial charge in [0, 0.05) is 20.9 Å². The zero-order chi connectivity index (χ0) is 16.4. The second kappa shape index (κ2) is 6.70. The van der Waals surface area contributed by atoms with E-state index in [1.54, 1.807) is 6.07 Å². The molecule has 1 aliphatic carbocycles. The van der Waals surface area contributed by atoms with Crippen molar-refractivity contribution in [3.05, 3.63) is 57.2 Å². The maximum absolute atomic E-state index is 12.4. The lowest BCUT2D eigenvalue weighted by molar-refractivity contribution is -0.117. The number of hydrogen-bond acceptors (Lipinski definition) is 2. The van der Waals surface area contributed by atoms with Crippen molar-refractivity contribution in [1.82, 2.24) is 0 Å². The SMILES string of the molecule is Cc1c(NC(=O)c2ccccc2I)cccc1NC(=O)C1CC1. The molecule has 2 aromatic rings. The van der Waals surface area contributed by atoms with Gasteiger partial charge in [-0.1, -0.05) is 18.2 Å². The van der Waals surface area contributed by atoms with Gasteiger partial charge in [0.05, 0.1) is 5.56 Å². The van der Waals surface area contributed by atoms with Gasteiger partial charge < -0.3 is 10.6 Å². The molecular weight excluding hydrogens is 403 g/mol. The van der Waals surface area contributed by atoms with Crippen molar-refractivity contribution in [3.63, 3.8) is 0 Å². The lowest BCUT2D eigenvalue weighted by Gasteiger charge is -2.14. The summed E-state index contributed by atoms with van der Waals surface area (Å²) < 4.78 is 0.901. The van der Waals surface area contributed by atoms with E-state index in [0.717, 1.165) is 27.7 Å². The Morgan fingerprint density at radius 1 is 1.00 bits per heavy atom. The Balaban J connectivity index is 1.79. The van der Waals surface area contributed by atoms with Crippen LogP contribution in [0.1, 0.15) is 28.8 Å². The third-order valence-corrected chi connectivity index (χ3v) is 4.85. The van der Waals surface area contributed by atoms with Crippen LogP contribution in [0.4, 0.5) is 11.4 Å². The van der Waals surface area contributed by atoms with Crippen LogP contribution in [-0.2, 0) is 4.79 Å². The molecule has 23 heavy (non-hydrogen) atoms. The predicted molar refractivity (Wildman–Crippen MR) is 99.6 cm³/mol. The molecule has 0 aromatic heterocycles. The summed E-state index contributed by atoms with van der Waals surface area (Å²) in [4.78, 5) is 24.4. The lowest BCUT2D eigenvalue weighted by Crippen LogP contribution is -2.17. The van der Waals surface area contributed by atoms with Crippen LogP contribution in [0.3, 0.4) is 0 Å². The van der Waals surface area contributed by atoms with Crippen LogP contribution < -0.4 is 10.6 Å². The zero-order valence-electron chi connectivity index (χ0n) is 12.7. The van der Waals surface area contributed by atoms with Gasteiger partial charge in [0.25, 0.3) is 5.91 Å². The summed E-state index contributed by atoms with van der Waals surface area (Å²) in [5.74, 6) is 0.0662. The fraction of sp³-hybridized carbons (Fsp3) is 0.222. The van der Waals surface area contributed by atoms with Crippen LogP contribution >= 0.6 is 22.6 Å². The first-order chi connectivity index (χ1) is 11.1. The molecule has 1 saturated carbocycles. The summed E-state index contributed by atoms with van der Waals surface area (Å²) in [5, 5.41) is 5.88. The molecule has 0 spiro atoms. The fourth-order valence-corrected chi connectivity index (χ4v) is 2.95. The molecule has 0 bridgehead atoms. The minimum atomic E-state index is -0.149. The highest BCUT2D eigenvalue weighted by atomic mass is 127. The summed E-state index contributed by atoms with van der Waals surface area (Å²) in [5.41, 5.74) is 2.96. The van der Waals surface area contributed by atoms with E-state index < -0.39 is 0 Å². The number of benzene rings is 2. The average molecular weight is 420 g/mol. The largest absolute Gasteiger partial charge is 0.326 e. The van der Waals surface area contributed by atoms with Gasteiger partial charge in [-0.05, 0) is 72.2 Å². The van der Waals surface area contributed by atoms with E-state index in [2.05, 4.69) is 33.2 Å². The number of anilines is 2. The van der Waals surface area contributed by atoms with Crippen molar-refractivity contribution < 1.29 is 9.59 Å². The van der Waals surface area contributed by atoms with Crippen molar-refractivity contribution in [3.8, 4) is 0 Å². The molecular formula is C18H17IN2O2. The number of carbonyl (C=O) groups excluding carboxylic acids is 2. The minimum absolute atomic E-state index is 0.0641. The van der Waals surface area contributed by atoms with Gasteiger partial charge in [0.1, 0.15) is 0 Å². The zero-order valence-corrected chi connectivity index (χ0v) is 14.9. The average Bonchev–Trinajstić information content (AvgIpc) is 3.36. The summed E-state index contributed by atoms with van der Waals surface area (Å²) in [6, 6.07) is 13.0. The molecule has 0 atom stereocenters. The van der Waals surface area contributed by atoms with E-state index in [0.29, 0.717) is 11.3 Å². The van der Waals surface area contributed by atoms with Gasteiger partial charge in [-0.15, -0.1) is 0 Å². The van der Waals surface area contributed by atoms with Gasteiger partial charge in [-0.2, -0.15) is 0 Å². The van der Waals surface area contributed by atoms with Crippen LogP contribution in [0.25, 0.3) is 0 Å². The van der Waals surface area contributed by atoms with E-state index >= 15 is 0 Å². The highest BCUT2D eigenvalue weighted by molar-refractivity contribution is 14.1. The Morgan fingerprint density at radius 3 is 2.30 bits per heavy atom. The Morgan fingerprint density at radius 2 is 1.65 bits per heavy atom. The summed E-state index contributed by atoms with van der Waals surface area (Å²) in [7, 11) is 0. The second-order valence-corrected chi connectivity index (χ2v) is 6.84. The predicted octanol–water partition coefficient (Wildman–Crippen LogP) is 4.20. The Labute approximate surface area is 148 Å². The molecule has 4 nitrogen and oxygen atoms in total. The number of amides is 2. The van der Waals surface area contributed by atoms with Crippen molar-refractivity contribution in [2.75, 3.05) is 10.6 Å². The third kappa shape index (κ3) is 3.72. The van der Waals surface area contributed by atoms with E-state index in [1.807, 2.05) is 43.3 Å². The topological polar surface area (TPSA) is 58.2 Å². The Hall–Kier alpha value is -1.89. The van der Waals surface area contributed by atoms with Gasteiger partial charge >= 0.3 is 0 Å². The van der Waals surface area contributed by atoms with Crippen LogP contribution in [-0.4, -0.2) is 11.8 Å². The third-order valence-electron chi connectivity index (χ3n) is 3.91. The molecule has 0 radical (unpaired) electrons. The Bertz CT molecular complexity index is 769. The molecule has 0 saturated heterocycles. The van der Waals surface area contributed by atoms with Gasteiger partial charge in [0.2, 0.25) is 5.91 Å². The van der Waals surface area contributed by atoms with Crippen molar-refractivity contribution >= 4 is 45.8 Å². The van der Waals surface area contributed by atoms with Gasteiger partial charge in [-0.3, -0.25) is 9.59 Å². The molecule has 5 heteroatoms. The molecule has 2 N–H and O–H groups in total. The van der Waals surface area contributed by atoms with E-state index in [-0.39, 0.29) is 17.7 Å². The fourth-order valence-electron chi connectivity index (χ4n) is 2.32. The van der Waals surface area contributed by atoms with Crippen LogP contribution in [0.2, 0.25) is 0 Å². The number of carbonyl (C=O) groups is 2. The number of hydrogen-bond donors (Lipinski definition) is 2. The first-order valence-electron chi connectivity index (χ1n) is 7.52. The van der Waals surface area contributed by atoms with E-state index in [1.165, 1.54) is 0 Å². The Kier molecular flexibility index (Phi) is 4.66. The number of halogens is 1. The standard InChI is InChI=1S/C18H17IN2O2/c1-11-15(20-17(22)12-9-10-12)7-4-8-16(11)21-18(23)13-5-2-3-6-14(13)19/h2-8,12H,9-10H2,1H3,(H,20,22)(H,21,23). The maximum Gasteiger partial charge on any atom is 0.256 e.